The Kier molecular flexibility index (Phi) is 24.2. The molecule has 7 nitrogen and oxygen atoms in total. The van der Waals surface area contributed by atoms with Crippen LogP contribution in [0.15, 0.2) is 112 Å². The predicted molar refractivity (Wildman–Crippen MR) is 374 cm³/mol. The number of aldehydes is 1. The molecule has 87 heavy (non-hydrogen) atoms. The Hall–Kier alpha value is -5.33. The third-order valence-electron chi connectivity index (χ3n) is 20.1. The van der Waals surface area contributed by atoms with Crippen molar-refractivity contribution in [3.05, 3.63) is 170 Å². The SMILES string of the molecule is CCC(CC)(c1ccc(CCC(O[Si](C)(C)C(C)(C)C)C(C)(C)C)c(C)c1)c1ccc(-c2ccc(C=O)o2)c(C)c1.CCOC(=O)/C=C/c1ccc(-c2ccc(C(CC)(CC)c3ccc(CCC(O[Si](C)(C)C(C)(C)C)C(C)(C)C)c(C)c3)cc2C)o1. The van der Waals surface area contributed by atoms with Gasteiger partial charge in [0.1, 0.15) is 17.3 Å². The van der Waals surface area contributed by atoms with Gasteiger partial charge in [0.05, 0.1) is 18.8 Å². The van der Waals surface area contributed by atoms with Crippen LogP contribution in [0.3, 0.4) is 0 Å². The van der Waals surface area contributed by atoms with Crippen LogP contribution in [-0.4, -0.2) is 47.7 Å². The van der Waals surface area contributed by atoms with Gasteiger partial charge in [-0.25, -0.2) is 4.79 Å². The van der Waals surface area contributed by atoms with Crippen LogP contribution in [-0.2, 0) is 42.1 Å². The normalized spacial score (nSPS) is 13.8. The minimum Gasteiger partial charge on any atom is -0.463 e. The molecular formula is C78H114O7Si2. The van der Waals surface area contributed by atoms with E-state index in [0.717, 1.165) is 85.9 Å². The van der Waals surface area contributed by atoms with E-state index in [1.165, 1.54) is 56.1 Å². The molecule has 2 heterocycles. The number of carbonyl (C=O) groups excluding carboxylic acids is 2. The van der Waals surface area contributed by atoms with E-state index in [-0.39, 0.29) is 49.9 Å². The number of esters is 1. The summed E-state index contributed by atoms with van der Waals surface area (Å²) in [6, 6.07) is 35.2. The molecule has 2 aromatic heterocycles. The number of hydrogen-bond donors (Lipinski definition) is 0. The molecule has 2 unspecified atom stereocenters. The zero-order valence-corrected chi connectivity index (χ0v) is 60.8. The van der Waals surface area contributed by atoms with Crippen molar-refractivity contribution in [2.75, 3.05) is 6.61 Å². The molecule has 0 bridgehead atoms. The molecule has 2 atom stereocenters. The Balaban J connectivity index is 0.000000319. The molecule has 0 aliphatic carbocycles. The molecule has 0 fully saturated rings. The lowest BCUT2D eigenvalue weighted by Gasteiger charge is -2.43. The van der Waals surface area contributed by atoms with Gasteiger partial charge in [0, 0.05) is 28.0 Å². The average molecular weight is 1220 g/mol. The van der Waals surface area contributed by atoms with Gasteiger partial charge in [-0.15, -0.1) is 0 Å². The molecule has 0 saturated carbocycles. The van der Waals surface area contributed by atoms with Crippen molar-refractivity contribution in [3.8, 4) is 22.6 Å². The number of ether oxygens (including phenoxy) is 1. The van der Waals surface area contributed by atoms with Crippen LogP contribution in [0, 0.1) is 38.5 Å². The molecule has 0 aliphatic rings. The highest BCUT2D eigenvalue weighted by Crippen LogP contribution is 2.46. The second kappa shape index (κ2) is 29.1. The first kappa shape index (κ1) is 72.4. The fourth-order valence-corrected chi connectivity index (χ4v) is 15.0. The molecule has 0 N–H and O–H groups in total. The number of furan rings is 2. The monoisotopic (exact) mass is 1220 g/mol. The van der Waals surface area contributed by atoms with E-state index in [1.807, 2.05) is 18.2 Å². The summed E-state index contributed by atoms with van der Waals surface area (Å²) in [5.74, 6) is 2.14. The molecule has 476 valence electrons. The highest BCUT2D eigenvalue weighted by molar-refractivity contribution is 6.74. The van der Waals surface area contributed by atoms with Gasteiger partial charge in [0.2, 0.25) is 0 Å². The standard InChI is InChI=1S/C41H60O4Si.C37H54O3Si/c1-14-41(15-2,33-20-23-35(30(5)28-33)36-24-21-34(44-36)22-26-38(42)43-16-3)32-19-17-31(29(4)27-32)18-25-37(39(6,7)8)45-46(12,13)40(9,10)11;1-13-37(14-2,30-18-20-32(27(4)24-30)33-21-19-31(25-38)39-33)29-17-15-28(26(3)23-29)16-22-34(35(5,6)7)40-41(11,12)36(8,9)10/h17,19-24,26-28,37H,14-16,18,25H2,1-13H3;15,17-21,23-25,34H,13-14,16,22H2,1-12H3/b26-22+;. The Labute approximate surface area is 530 Å². The van der Waals surface area contributed by atoms with Crippen LogP contribution in [0.5, 0.6) is 0 Å². The Morgan fingerprint density at radius 3 is 1.13 bits per heavy atom. The predicted octanol–water partition coefficient (Wildman–Crippen LogP) is 22.5. The van der Waals surface area contributed by atoms with Crippen LogP contribution < -0.4 is 0 Å². The minimum atomic E-state index is -1.88. The number of carbonyl (C=O) groups is 2. The maximum atomic E-state index is 11.7. The van der Waals surface area contributed by atoms with E-state index >= 15 is 0 Å². The van der Waals surface area contributed by atoms with Crippen molar-refractivity contribution < 1.29 is 32.0 Å². The molecule has 6 aromatic rings. The molecule has 0 saturated heterocycles. The quantitative estimate of drug-likeness (QED) is 0.0258. The van der Waals surface area contributed by atoms with Gasteiger partial charge in [0.15, 0.2) is 28.7 Å². The summed E-state index contributed by atoms with van der Waals surface area (Å²) in [5, 5.41) is 0.391. The number of benzene rings is 4. The maximum absolute atomic E-state index is 11.7. The Morgan fingerprint density at radius 2 is 0.828 bits per heavy atom. The van der Waals surface area contributed by atoms with Crippen LogP contribution >= 0.6 is 0 Å². The van der Waals surface area contributed by atoms with Crippen LogP contribution in [0.1, 0.15) is 228 Å². The third kappa shape index (κ3) is 17.6. The average Bonchev–Trinajstić information content (AvgIpc) is 1.24. The van der Waals surface area contributed by atoms with Crippen molar-refractivity contribution in [2.24, 2.45) is 10.8 Å². The second-order valence-corrected chi connectivity index (χ2v) is 39.6. The zero-order valence-electron chi connectivity index (χ0n) is 58.8. The highest BCUT2D eigenvalue weighted by atomic mass is 28.4. The van der Waals surface area contributed by atoms with Gasteiger partial charge in [-0.2, -0.15) is 0 Å². The summed E-state index contributed by atoms with van der Waals surface area (Å²) in [7, 11) is -3.74. The number of aryl methyl sites for hydroxylation is 6. The highest BCUT2D eigenvalue weighted by Gasteiger charge is 2.43. The van der Waals surface area contributed by atoms with Crippen molar-refractivity contribution in [2.45, 2.75) is 256 Å². The van der Waals surface area contributed by atoms with Crippen molar-refractivity contribution >= 4 is 35.0 Å². The van der Waals surface area contributed by atoms with Crippen LogP contribution in [0.4, 0.5) is 0 Å². The maximum Gasteiger partial charge on any atom is 0.330 e. The van der Waals surface area contributed by atoms with Gasteiger partial charge < -0.3 is 22.4 Å². The molecule has 4 aromatic carbocycles. The lowest BCUT2D eigenvalue weighted by molar-refractivity contribution is -0.137. The number of rotatable bonds is 24. The van der Waals surface area contributed by atoms with Gasteiger partial charge in [0.25, 0.3) is 0 Å². The van der Waals surface area contributed by atoms with Crippen molar-refractivity contribution in [1.82, 2.24) is 0 Å². The van der Waals surface area contributed by atoms with Gasteiger partial charge >= 0.3 is 5.97 Å². The molecule has 0 spiro atoms. The first-order valence-corrected chi connectivity index (χ1v) is 38.5. The zero-order chi connectivity index (χ0) is 65.3. The van der Waals surface area contributed by atoms with E-state index in [0.29, 0.717) is 18.1 Å². The molecule has 0 amide bonds. The molecule has 6 rings (SSSR count). The molecular weight excluding hydrogens is 1110 g/mol. The van der Waals surface area contributed by atoms with Crippen molar-refractivity contribution in [1.29, 1.82) is 0 Å². The van der Waals surface area contributed by atoms with E-state index < -0.39 is 16.6 Å². The summed E-state index contributed by atoms with van der Waals surface area (Å²) in [5.41, 5.74) is 15.4. The van der Waals surface area contributed by atoms with Crippen molar-refractivity contribution in [3.63, 3.8) is 0 Å². The third-order valence-corrected chi connectivity index (χ3v) is 29.1. The van der Waals surface area contributed by atoms with E-state index in [1.54, 1.807) is 19.1 Å². The Bertz CT molecular complexity index is 3250. The molecule has 0 radical (unpaired) electrons. The lowest BCUT2D eigenvalue weighted by atomic mass is 9.69. The van der Waals surface area contributed by atoms with Crippen LogP contribution in [0.2, 0.25) is 36.3 Å². The summed E-state index contributed by atoms with van der Waals surface area (Å²) in [6.07, 6.45) is 12.4. The minimum absolute atomic E-state index is 0.0664. The fraction of sp³-hybridized carbons (Fsp3) is 0.538. The largest absolute Gasteiger partial charge is 0.463 e. The lowest BCUT2D eigenvalue weighted by Crippen LogP contribution is -2.47. The van der Waals surface area contributed by atoms with Gasteiger partial charge in [-0.1, -0.05) is 184 Å². The smallest absolute Gasteiger partial charge is 0.330 e. The summed E-state index contributed by atoms with van der Waals surface area (Å²) < 4.78 is 30.7. The van der Waals surface area contributed by atoms with E-state index in [4.69, 9.17) is 22.4 Å². The van der Waals surface area contributed by atoms with Gasteiger partial charge in [-0.3, -0.25) is 4.79 Å². The first-order chi connectivity index (χ1) is 40.4. The molecule has 9 heteroatoms. The molecule has 0 aliphatic heterocycles. The number of hydrogen-bond acceptors (Lipinski definition) is 7. The topological polar surface area (TPSA) is 88.1 Å². The van der Waals surface area contributed by atoms with Gasteiger partial charge in [-0.05, 0) is 219 Å². The summed E-state index contributed by atoms with van der Waals surface area (Å²) >= 11 is 0. The second-order valence-electron chi connectivity index (χ2n) is 30.1. The first-order valence-electron chi connectivity index (χ1n) is 32.7. The summed E-state index contributed by atoms with van der Waals surface area (Å²) in [4.78, 5) is 22.8. The summed E-state index contributed by atoms with van der Waals surface area (Å²) in [6.45, 7) is 57.5. The van der Waals surface area contributed by atoms with Crippen LogP contribution in [0.25, 0.3) is 28.7 Å². The fourth-order valence-electron chi connectivity index (χ4n) is 12.0. The Morgan fingerprint density at radius 1 is 0.483 bits per heavy atom. The van der Waals surface area contributed by atoms with E-state index in [2.05, 4.69) is 237 Å². The van der Waals surface area contributed by atoms with E-state index in [9.17, 15) is 9.59 Å².